The fourth-order valence-electron chi connectivity index (χ4n) is 4.48. The van der Waals surface area contributed by atoms with Crippen molar-refractivity contribution in [2.75, 3.05) is 33.3 Å². The zero-order valence-electron chi connectivity index (χ0n) is 23.4. The van der Waals surface area contributed by atoms with E-state index in [0.717, 1.165) is 11.1 Å². The first kappa shape index (κ1) is 30.6. The smallest absolute Gasteiger partial charge is 0.334 e. The van der Waals surface area contributed by atoms with Gasteiger partial charge in [0, 0.05) is 26.6 Å². The van der Waals surface area contributed by atoms with Gasteiger partial charge in [0.15, 0.2) is 0 Å². The van der Waals surface area contributed by atoms with E-state index >= 15 is 0 Å². The van der Waals surface area contributed by atoms with Crippen LogP contribution in [-0.2, 0) is 27.4 Å². The second-order valence-electron chi connectivity index (χ2n) is 9.75. The molecule has 2 aromatic carbocycles. The van der Waals surface area contributed by atoms with Crippen molar-refractivity contribution in [3.8, 4) is 5.75 Å². The zero-order chi connectivity index (χ0) is 29.2. The molecule has 0 spiro atoms. The van der Waals surface area contributed by atoms with Crippen LogP contribution in [0.25, 0.3) is 0 Å². The number of nitrogens with one attached hydrogen (secondary N) is 2. The van der Waals surface area contributed by atoms with E-state index in [-0.39, 0.29) is 56.2 Å². The number of likely N-dealkylation sites (N-methyl/N-ethyl adjacent to an activating group) is 1. The maximum atomic E-state index is 13.5. The lowest BCUT2D eigenvalue weighted by Crippen LogP contribution is -2.70. The van der Waals surface area contributed by atoms with Crippen LogP contribution in [0.4, 0.5) is 9.18 Å². The second kappa shape index (κ2) is 14.4. The molecule has 1 fully saturated rings. The van der Waals surface area contributed by atoms with Crippen LogP contribution >= 0.6 is 0 Å². The first-order chi connectivity index (χ1) is 19.1. The number of hydrazine groups is 1. The van der Waals surface area contributed by atoms with Crippen molar-refractivity contribution in [2.24, 2.45) is 0 Å². The summed E-state index contributed by atoms with van der Waals surface area (Å²) in [6.07, 6.45) is 1.32. The minimum Gasteiger partial charge on any atom is -0.508 e. The third kappa shape index (κ3) is 8.27. The van der Waals surface area contributed by atoms with Crippen LogP contribution in [0.1, 0.15) is 31.9 Å². The Morgan fingerprint density at radius 1 is 1.18 bits per heavy atom. The molecule has 40 heavy (non-hydrogen) atoms. The Bertz CT molecular complexity index is 1210. The molecule has 216 valence electrons. The molecule has 2 atom stereocenters. The lowest BCUT2D eigenvalue weighted by molar-refractivity contribution is -0.169. The Hall–Kier alpha value is -3.96. The largest absolute Gasteiger partial charge is 0.508 e. The predicted molar refractivity (Wildman–Crippen MR) is 148 cm³/mol. The Balaban J connectivity index is 1.73. The summed E-state index contributed by atoms with van der Waals surface area (Å²) in [7, 11) is 1.65. The first-order valence-corrected chi connectivity index (χ1v) is 13.2. The molecule has 0 saturated carbocycles. The van der Waals surface area contributed by atoms with Crippen LogP contribution in [0.2, 0.25) is 0 Å². The predicted octanol–water partition coefficient (Wildman–Crippen LogP) is 2.79. The summed E-state index contributed by atoms with van der Waals surface area (Å²) in [5.41, 5.74) is 2.40. The monoisotopic (exact) mass is 555 g/mol. The number of carbonyl (C=O) groups excluding carboxylic acids is 3. The number of benzene rings is 2. The maximum absolute atomic E-state index is 13.5. The standard InChI is InChI=1S/C29H38FN5O5/c1-5-20(2)17-32-29(39)35-21(3)34(27(37)18-33(35)4)26(16-22-9-11-25(36)12-10-22)28(38)31-13-14-40-19-23-7-6-8-24(30)15-23/h5-12,15,21,26,36H,13-14,16-19H2,1-4H3,(H,31,38)(H,32,39)/b20-5+/t21-,26?/m0/s1. The van der Waals surface area contributed by atoms with Gasteiger partial charge in [0.25, 0.3) is 0 Å². The van der Waals surface area contributed by atoms with Gasteiger partial charge in [-0.25, -0.2) is 19.2 Å². The molecule has 3 N–H and O–H groups in total. The fourth-order valence-corrected chi connectivity index (χ4v) is 4.48. The Kier molecular flexibility index (Phi) is 11.0. The highest BCUT2D eigenvalue weighted by Crippen LogP contribution is 2.22. The van der Waals surface area contributed by atoms with Crippen molar-refractivity contribution in [2.45, 2.75) is 46.0 Å². The molecule has 0 bridgehead atoms. The van der Waals surface area contributed by atoms with Gasteiger partial charge in [0.05, 0.1) is 19.8 Å². The number of allylic oxidation sites excluding steroid dienone is 1. The molecule has 0 aliphatic carbocycles. The fraction of sp³-hybridized carbons (Fsp3) is 0.414. The number of halogens is 1. The lowest BCUT2D eigenvalue weighted by atomic mass is 10.0. The van der Waals surface area contributed by atoms with Crippen molar-refractivity contribution in [1.82, 2.24) is 25.6 Å². The third-order valence-electron chi connectivity index (χ3n) is 6.70. The van der Waals surface area contributed by atoms with E-state index in [1.807, 2.05) is 19.9 Å². The van der Waals surface area contributed by atoms with Crippen molar-refractivity contribution >= 4 is 17.8 Å². The van der Waals surface area contributed by atoms with Gasteiger partial charge in [-0.2, -0.15) is 0 Å². The summed E-state index contributed by atoms with van der Waals surface area (Å²) in [6.45, 7) is 6.30. The summed E-state index contributed by atoms with van der Waals surface area (Å²) in [6, 6.07) is 11.2. The number of hydrogen-bond donors (Lipinski definition) is 3. The SMILES string of the molecule is C/C=C(\C)CNC(=O)N1[C@@H](C)N(C(Cc2ccc(O)cc2)C(=O)NCCOCc2cccc(F)c2)C(=O)CN1C. The van der Waals surface area contributed by atoms with Crippen LogP contribution in [-0.4, -0.2) is 83.4 Å². The van der Waals surface area contributed by atoms with Gasteiger partial charge in [-0.3, -0.25) is 9.59 Å². The molecular weight excluding hydrogens is 517 g/mol. The van der Waals surface area contributed by atoms with Gasteiger partial charge in [0.1, 0.15) is 23.8 Å². The molecule has 1 heterocycles. The minimum absolute atomic E-state index is 0.0866. The summed E-state index contributed by atoms with van der Waals surface area (Å²) < 4.78 is 19.0. The highest BCUT2D eigenvalue weighted by molar-refractivity contribution is 5.90. The van der Waals surface area contributed by atoms with Crippen LogP contribution in [0.15, 0.2) is 60.2 Å². The number of amides is 4. The molecule has 1 aliphatic heterocycles. The summed E-state index contributed by atoms with van der Waals surface area (Å²) in [5, 5.41) is 18.4. The molecule has 1 saturated heterocycles. The van der Waals surface area contributed by atoms with Crippen LogP contribution in [0.5, 0.6) is 5.75 Å². The van der Waals surface area contributed by atoms with E-state index in [1.165, 1.54) is 34.2 Å². The van der Waals surface area contributed by atoms with Crippen LogP contribution < -0.4 is 10.6 Å². The van der Waals surface area contributed by atoms with Gasteiger partial charge in [-0.05, 0) is 56.2 Å². The Morgan fingerprint density at radius 3 is 2.58 bits per heavy atom. The molecule has 11 heteroatoms. The van der Waals surface area contributed by atoms with E-state index in [9.17, 15) is 23.9 Å². The van der Waals surface area contributed by atoms with Crippen LogP contribution in [0, 0.1) is 5.82 Å². The van der Waals surface area contributed by atoms with Crippen LogP contribution in [0.3, 0.4) is 0 Å². The number of carbonyl (C=O) groups is 3. The molecule has 0 radical (unpaired) electrons. The number of rotatable bonds is 11. The van der Waals surface area contributed by atoms with Gasteiger partial charge in [-0.1, -0.05) is 35.9 Å². The molecule has 10 nitrogen and oxygen atoms in total. The third-order valence-corrected chi connectivity index (χ3v) is 6.70. The molecular formula is C29H38FN5O5. The number of ether oxygens (including phenoxy) is 1. The van der Waals surface area contributed by atoms with E-state index in [4.69, 9.17) is 4.74 Å². The minimum atomic E-state index is -0.934. The highest BCUT2D eigenvalue weighted by atomic mass is 19.1. The number of hydrogen-bond acceptors (Lipinski definition) is 6. The molecule has 0 aromatic heterocycles. The summed E-state index contributed by atoms with van der Waals surface area (Å²) in [4.78, 5) is 41.3. The maximum Gasteiger partial charge on any atom is 0.334 e. The highest BCUT2D eigenvalue weighted by Gasteiger charge is 2.43. The van der Waals surface area contributed by atoms with E-state index in [1.54, 1.807) is 43.2 Å². The van der Waals surface area contributed by atoms with Gasteiger partial charge < -0.3 is 25.4 Å². The van der Waals surface area contributed by atoms with Crippen molar-refractivity contribution in [3.05, 3.63) is 77.1 Å². The molecule has 3 rings (SSSR count). The van der Waals surface area contributed by atoms with Gasteiger partial charge in [-0.15, -0.1) is 0 Å². The zero-order valence-corrected chi connectivity index (χ0v) is 23.4. The molecule has 2 aromatic rings. The number of urea groups is 1. The average Bonchev–Trinajstić information content (AvgIpc) is 2.91. The Labute approximate surface area is 234 Å². The summed E-state index contributed by atoms with van der Waals surface area (Å²) >= 11 is 0. The van der Waals surface area contributed by atoms with Crippen molar-refractivity contribution in [1.29, 1.82) is 0 Å². The second-order valence-corrected chi connectivity index (χ2v) is 9.75. The topological polar surface area (TPSA) is 114 Å². The normalized spacial score (nSPS) is 17.1. The van der Waals surface area contributed by atoms with Gasteiger partial charge in [0.2, 0.25) is 11.8 Å². The molecule has 1 aliphatic rings. The summed E-state index contributed by atoms with van der Waals surface area (Å²) in [5.74, 6) is -0.970. The number of aromatic hydroxyl groups is 1. The quantitative estimate of drug-likeness (QED) is 0.290. The average molecular weight is 556 g/mol. The van der Waals surface area contributed by atoms with Gasteiger partial charge >= 0.3 is 6.03 Å². The van der Waals surface area contributed by atoms with Crippen molar-refractivity contribution in [3.63, 3.8) is 0 Å². The number of phenols is 1. The van der Waals surface area contributed by atoms with E-state index in [2.05, 4.69) is 10.6 Å². The Morgan fingerprint density at radius 2 is 1.90 bits per heavy atom. The molecule has 4 amide bonds. The molecule has 1 unspecified atom stereocenters. The number of phenolic OH excluding ortho intramolecular Hbond substituents is 1. The van der Waals surface area contributed by atoms with E-state index in [0.29, 0.717) is 12.1 Å². The number of nitrogens with zero attached hydrogens (tertiary/aromatic N) is 3. The first-order valence-electron chi connectivity index (χ1n) is 13.2. The van der Waals surface area contributed by atoms with Crippen molar-refractivity contribution < 1.29 is 28.6 Å². The lowest BCUT2D eigenvalue weighted by Gasteiger charge is -2.48. The van der Waals surface area contributed by atoms with E-state index < -0.39 is 18.1 Å².